The number of carboxylic acids is 1. The average molecular weight is 190 g/mol. The molecule has 0 aromatic rings. The number of hydrogen-bond acceptors (Lipinski definition) is 6. The van der Waals surface area contributed by atoms with Gasteiger partial charge >= 0.3 is 51.4 Å². The van der Waals surface area contributed by atoms with Gasteiger partial charge in [-0.25, -0.2) is 0 Å². The van der Waals surface area contributed by atoms with Crippen LogP contribution in [0.5, 0.6) is 0 Å². The molecule has 2 unspecified atom stereocenters. The van der Waals surface area contributed by atoms with Crippen molar-refractivity contribution in [2.45, 2.75) is 18.5 Å². The first-order chi connectivity index (χ1) is 4.46. The maximum atomic E-state index is 9.70. The summed E-state index contributed by atoms with van der Waals surface area (Å²) in [5.41, 5.74) is 0. The van der Waals surface area contributed by atoms with Crippen molar-refractivity contribution >= 4 is 5.97 Å². The molecule has 0 aliphatic heterocycles. The van der Waals surface area contributed by atoms with Crippen LogP contribution in [0.4, 0.5) is 0 Å². The molecule has 0 bridgehead atoms. The molecule has 6 nitrogen and oxygen atoms in total. The van der Waals surface area contributed by atoms with E-state index >= 15 is 0 Å². The number of carbonyl (C=O) groups excluding carboxylic acids is 1. The zero-order chi connectivity index (χ0) is 8.31. The Balaban J connectivity index is 0. The van der Waals surface area contributed by atoms with Crippen molar-refractivity contribution in [1.82, 2.24) is 0 Å². The zero-order valence-electron chi connectivity index (χ0n) is 5.84. The molecule has 11 heavy (non-hydrogen) atoms. The summed E-state index contributed by atoms with van der Waals surface area (Å²) in [6.07, 6.45) is -6.70. The van der Waals surface area contributed by atoms with Crippen LogP contribution in [0.2, 0.25) is 0 Å². The topological polar surface area (TPSA) is 121 Å². The van der Waals surface area contributed by atoms with Crippen molar-refractivity contribution in [3.63, 3.8) is 0 Å². The van der Waals surface area contributed by atoms with Crippen LogP contribution in [-0.2, 0) is 4.79 Å². The van der Waals surface area contributed by atoms with Crippen molar-refractivity contribution in [2.75, 3.05) is 0 Å². The summed E-state index contributed by atoms with van der Waals surface area (Å²) in [5.74, 6) is -1.96. The van der Waals surface area contributed by atoms with Crippen LogP contribution in [0.25, 0.3) is 0 Å². The summed E-state index contributed by atoms with van der Waals surface area (Å²) in [5, 5.41) is 42.6. The minimum atomic E-state index is -2.28. The smallest absolute Gasteiger partial charge is 0.547 e. The molecule has 0 heterocycles. The molecule has 0 rings (SSSR count). The van der Waals surface area contributed by atoms with E-state index in [1.54, 1.807) is 0 Å². The van der Waals surface area contributed by atoms with E-state index in [1.807, 2.05) is 0 Å². The number of aliphatic hydroxyl groups excluding tert-OH is 3. The Kier molecular flexibility index (Phi) is 8.50. The van der Waals surface area contributed by atoms with Crippen molar-refractivity contribution < 1.29 is 81.7 Å². The summed E-state index contributed by atoms with van der Waals surface area (Å²) in [6, 6.07) is 0. The van der Waals surface area contributed by atoms with E-state index in [9.17, 15) is 9.90 Å². The van der Waals surface area contributed by atoms with Gasteiger partial charge in [0.2, 0.25) is 0 Å². The van der Waals surface area contributed by atoms with E-state index in [4.69, 9.17) is 20.4 Å². The molecule has 0 fully saturated rings. The number of carboxylic acid groups (broad SMARTS) is 1. The van der Waals surface area contributed by atoms with E-state index in [-0.39, 0.29) is 51.4 Å². The van der Waals surface area contributed by atoms with Crippen LogP contribution in [0.1, 0.15) is 0 Å². The molecule has 0 saturated heterocycles. The van der Waals surface area contributed by atoms with Gasteiger partial charge in [-0.2, -0.15) is 0 Å². The molecule has 0 aliphatic rings. The van der Waals surface area contributed by atoms with Crippen molar-refractivity contribution in [3.8, 4) is 0 Å². The van der Waals surface area contributed by atoms with E-state index in [0.717, 1.165) is 0 Å². The molecule has 60 valence electrons. The molecular weight excluding hydrogens is 183 g/mol. The first kappa shape index (κ1) is 14.5. The third-order valence-electron chi connectivity index (χ3n) is 0.870. The molecule has 0 amide bonds. The molecule has 7 heteroatoms. The average Bonchev–Trinajstić information content (AvgIpc) is 1.84. The number of carbonyl (C=O) groups is 1. The number of aliphatic carboxylic acids is 1. The van der Waals surface area contributed by atoms with Crippen LogP contribution in [0.3, 0.4) is 0 Å². The Morgan fingerprint density at radius 2 is 1.55 bits per heavy atom. The number of hydrogen-bond donors (Lipinski definition) is 4. The monoisotopic (exact) mass is 190 g/mol. The standard InChI is InChI=1S/C4H8O6.K/c5-1(3(7)8)2(6)4(9)10;/h1-3,5-8H,(H,9,10);/q;+1/p-1. The van der Waals surface area contributed by atoms with Gasteiger partial charge in [0.1, 0.15) is 12.2 Å². The molecule has 2 atom stereocenters. The summed E-state index contributed by atoms with van der Waals surface area (Å²) in [7, 11) is 0. The summed E-state index contributed by atoms with van der Waals surface area (Å²) in [4.78, 5) is 9.70. The second-order valence-corrected chi connectivity index (χ2v) is 1.67. The first-order valence-corrected chi connectivity index (χ1v) is 2.40. The molecule has 4 N–H and O–H groups in total. The molecular formula is C4H7KO6. The van der Waals surface area contributed by atoms with Crippen LogP contribution in [0, 0.1) is 0 Å². The second kappa shape index (κ2) is 6.46. The molecule has 0 radical (unpaired) electrons. The van der Waals surface area contributed by atoms with E-state index < -0.39 is 24.5 Å². The Hall–Kier alpha value is 0.946. The predicted molar refractivity (Wildman–Crippen MR) is 25.2 cm³/mol. The summed E-state index contributed by atoms with van der Waals surface area (Å²) < 4.78 is 0. The van der Waals surface area contributed by atoms with Gasteiger partial charge in [0, 0.05) is 0 Å². The van der Waals surface area contributed by atoms with Gasteiger partial charge in [-0.15, -0.1) is 0 Å². The van der Waals surface area contributed by atoms with Gasteiger partial charge in [-0.05, 0) is 0 Å². The van der Waals surface area contributed by atoms with Crippen molar-refractivity contribution in [2.24, 2.45) is 0 Å². The number of aliphatic hydroxyl groups is 4. The second-order valence-electron chi connectivity index (χ2n) is 1.67. The Morgan fingerprint density at radius 3 is 1.64 bits per heavy atom. The van der Waals surface area contributed by atoms with Gasteiger partial charge in [-0.1, -0.05) is 0 Å². The molecule has 0 saturated carbocycles. The van der Waals surface area contributed by atoms with Gasteiger partial charge in [-0.3, -0.25) is 0 Å². The van der Waals surface area contributed by atoms with Crippen molar-refractivity contribution in [1.29, 1.82) is 0 Å². The predicted octanol–water partition coefficient (Wildman–Crippen LogP) is -7.23. The molecule has 0 aliphatic carbocycles. The SMILES string of the molecule is O=C([O-])C(O)C(O)C(O)O.[K+]. The minimum Gasteiger partial charge on any atom is -0.547 e. The quantitative estimate of drug-likeness (QED) is 0.259. The van der Waals surface area contributed by atoms with Crippen LogP contribution < -0.4 is 56.5 Å². The van der Waals surface area contributed by atoms with E-state index in [1.165, 1.54) is 0 Å². The third kappa shape index (κ3) is 5.23. The largest absolute Gasteiger partial charge is 1.00 e. The van der Waals surface area contributed by atoms with Gasteiger partial charge < -0.3 is 30.3 Å². The van der Waals surface area contributed by atoms with Gasteiger partial charge in [0.05, 0.1) is 5.97 Å². The Labute approximate surface area is 105 Å². The fourth-order valence-corrected chi connectivity index (χ4v) is 0.302. The normalized spacial score (nSPS) is 15.4. The van der Waals surface area contributed by atoms with E-state index in [2.05, 4.69) is 0 Å². The maximum absolute atomic E-state index is 9.70. The Morgan fingerprint density at radius 1 is 1.18 bits per heavy atom. The summed E-state index contributed by atoms with van der Waals surface area (Å²) >= 11 is 0. The molecule has 0 aromatic heterocycles. The van der Waals surface area contributed by atoms with Crippen molar-refractivity contribution in [3.05, 3.63) is 0 Å². The minimum absolute atomic E-state index is 0. The maximum Gasteiger partial charge on any atom is 1.00 e. The van der Waals surface area contributed by atoms with Gasteiger partial charge in [0.15, 0.2) is 6.29 Å². The molecule has 0 aromatic carbocycles. The number of rotatable bonds is 3. The Bertz CT molecular complexity index is 126. The zero-order valence-corrected chi connectivity index (χ0v) is 8.96. The van der Waals surface area contributed by atoms with E-state index in [0.29, 0.717) is 0 Å². The van der Waals surface area contributed by atoms with Gasteiger partial charge in [0.25, 0.3) is 0 Å². The fourth-order valence-electron chi connectivity index (χ4n) is 0.302. The third-order valence-corrected chi connectivity index (χ3v) is 0.870. The van der Waals surface area contributed by atoms with Crippen LogP contribution in [0.15, 0.2) is 0 Å². The van der Waals surface area contributed by atoms with Crippen LogP contribution >= 0.6 is 0 Å². The summed E-state index contributed by atoms with van der Waals surface area (Å²) in [6.45, 7) is 0. The molecule has 0 spiro atoms. The fraction of sp³-hybridized carbons (Fsp3) is 0.750. The van der Waals surface area contributed by atoms with Crippen LogP contribution in [-0.4, -0.2) is 44.9 Å². The first-order valence-electron chi connectivity index (χ1n) is 2.40.